The molecule has 1 N–H and O–H groups in total. The summed E-state index contributed by atoms with van der Waals surface area (Å²) in [6, 6.07) is 13.9. The van der Waals surface area contributed by atoms with Gasteiger partial charge in [0.25, 0.3) is 0 Å². The van der Waals surface area contributed by atoms with Crippen LogP contribution in [0.15, 0.2) is 42.5 Å². The molecule has 1 aromatic heterocycles. The van der Waals surface area contributed by atoms with Gasteiger partial charge in [-0.1, -0.05) is 29.5 Å². The maximum Gasteiger partial charge on any atom is 0.231 e. The van der Waals surface area contributed by atoms with Crippen molar-refractivity contribution in [1.29, 1.82) is 0 Å². The highest BCUT2D eigenvalue weighted by Gasteiger charge is 2.27. The molecular formula is C21H21N3O3S. The molecule has 2 aliphatic heterocycles. The number of nitrogens with zero attached hydrogens (tertiary/aromatic N) is 2. The fourth-order valence-electron chi connectivity index (χ4n) is 3.74. The van der Waals surface area contributed by atoms with Crippen LogP contribution in [0.3, 0.4) is 0 Å². The maximum absolute atomic E-state index is 12.7. The summed E-state index contributed by atoms with van der Waals surface area (Å²) in [7, 11) is 0. The van der Waals surface area contributed by atoms with E-state index in [-0.39, 0.29) is 18.6 Å². The van der Waals surface area contributed by atoms with Crippen LogP contribution >= 0.6 is 11.3 Å². The number of thiazole rings is 1. The van der Waals surface area contributed by atoms with Gasteiger partial charge < -0.3 is 19.7 Å². The van der Waals surface area contributed by atoms with Gasteiger partial charge in [-0.15, -0.1) is 0 Å². The Kier molecular flexibility index (Phi) is 4.52. The van der Waals surface area contributed by atoms with Gasteiger partial charge in [-0.25, -0.2) is 4.98 Å². The molecule has 1 fully saturated rings. The maximum atomic E-state index is 12.7. The Labute approximate surface area is 167 Å². The summed E-state index contributed by atoms with van der Waals surface area (Å²) in [5, 5.41) is 4.09. The van der Waals surface area contributed by atoms with E-state index in [1.165, 1.54) is 4.70 Å². The van der Waals surface area contributed by atoms with Crippen molar-refractivity contribution in [1.82, 2.24) is 10.3 Å². The molecule has 28 heavy (non-hydrogen) atoms. The van der Waals surface area contributed by atoms with Crippen LogP contribution in [-0.4, -0.2) is 30.8 Å². The van der Waals surface area contributed by atoms with Gasteiger partial charge >= 0.3 is 0 Å². The number of benzene rings is 2. The number of fused-ring (bicyclic) bond motifs is 2. The first kappa shape index (κ1) is 17.3. The van der Waals surface area contributed by atoms with Gasteiger partial charge in [0.2, 0.25) is 12.7 Å². The molecule has 3 heterocycles. The van der Waals surface area contributed by atoms with Crippen molar-refractivity contribution in [3.8, 4) is 11.5 Å². The summed E-state index contributed by atoms with van der Waals surface area (Å²) in [6.07, 6.45) is 1.91. The van der Waals surface area contributed by atoms with Crippen molar-refractivity contribution >= 4 is 32.6 Å². The van der Waals surface area contributed by atoms with Crippen molar-refractivity contribution in [2.24, 2.45) is 5.92 Å². The van der Waals surface area contributed by atoms with E-state index in [2.05, 4.69) is 16.3 Å². The highest BCUT2D eigenvalue weighted by molar-refractivity contribution is 7.22. The number of hydrogen-bond acceptors (Lipinski definition) is 6. The summed E-state index contributed by atoms with van der Waals surface area (Å²) in [5.74, 6) is 1.58. The Morgan fingerprint density at radius 2 is 2.11 bits per heavy atom. The molecule has 1 saturated heterocycles. The lowest BCUT2D eigenvalue weighted by molar-refractivity contribution is -0.125. The number of aromatic nitrogens is 1. The Morgan fingerprint density at radius 3 is 3.04 bits per heavy atom. The number of para-hydroxylation sites is 1. The summed E-state index contributed by atoms with van der Waals surface area (Å²) in [6.45, 7) is 2.42. The number of carbonyl (C=O) groups is 1. The standard InChI is InChI=1S/C21H21N3O3S/c25-20(22-11-14-7-8-17-18(10-14)27-13-26-17)15-4-3-9-24(12-15)21-23-16-5-1-2-6-19(16)28-21/h1-2,5-8,10,15H,3-4,9,11-13H2,(H,22,25). The van der Waals surface area contributed by atoms with E-state index in [9.17, 15) is 4.79 Å². The van der Waals surface area contributed by atoms with Crippen LogP contribution in [0.2, 0.25) is 0 Å². The number of ether oxygens (including phenoxy) is 2. The molecule has 6 nitrogen and oxygen atoms in total. The average Bonchev–Trinajstić information content (AvgIpc) is 3.38. The lowest BCUT2D eigenvalue weighted by Crippen LogP contribution is -2.42. The minimum absolute atomic E-state index is 0.0187. The van der Waals surface area contributed by atoms with Gasteiger partial charge in [0.1, 0.15) is 0 Å². The molecule has 0 saturated carbocycles. The predicted molar refractivity (Wildman–Crippen MR) is 109 cm³/mol. The van der Waals surface area contributed by atoms with E-state index in [0.29, 0.717) is 13.1 Å². The number of anilines is 1. The van der Waals surface area contributed by atoms with E-state index in [1.54, 1.807) is 11.3 Å². The zero-order valence-electron chi connectivity index (χ0n) is 15.4. The smallest absolute Gasteiger partial charge is 0.231 e. The SMILES string of the molecule is O=C(NCc1ccc2c(c1)OCO2)C1CCCN(c2nc3ccccc3s2)C1. The fourth-order valence-corrected chi connectivity index (χ4v) is 4.75. The fraction of sp³-hybridized carbons (Fsp3) is 0.333. The number of amides is 1. The Morgan fingerprint density at radius 1 is 1.21 bits per heavy atom. The lowest BCUT2D eigenvalue weighted by atomic mass is 9.97. The van der Waals surface area contributed by atoms with Crippen molar-refractivity contribution < 1.29 is 14.3 Å². The molecule has 0 aliphatic carbocycles. The summed E-state index contributed by atoms with van der Waals surface area (Å²) < 4.78 is 11.9. The van der Waals surface area contributed by atoms with Crippen molar-refractivity contribution in [3.63, 3.8) is 0 Å². The molecule has 3 aromatic rings. The van der Waals surface area contributed by atoms with E-state index in [4.69, 9.17) is 14.5 Å². The van der Waals surface area contributed by atoms with Crippen LogP contribution < -0.4 is 19.7 Å². The lowest BCUT2D eigenvalue weighted by Gasteiger charge is -2.31. The van der Waals surface area contributed by atoms with E-state index in [0.717, 1.165) is 47.1 Å². The monoisotopic (exact) mass is 395 g/mol. The molecule has 2 aromatic carbocycles. The normalized spacial score (nSPS) is 18.4. The molecule has 5 rings (SSSR count). The van der Waals surface area contributed by atoms with Crippen LogP contribution in [0.5, 0.6) is 11.5 Å². The third kappa shape index (κ3) is 3.38. The quantitative estimate of drug-likeness (QED) is 0.732. The van der Waals surface area contributed by atoms with Crippen LogP contribution in [0.1, 0.15) is 18.4 Å². The van der Waals surface area contributed by atoms with Crippen molar-refractivity contribution in [2.75, 3.05) is 24.8 Å². The highest BCUT2D eigenvalue weighted by atomic mass is 32.1. The highest BCUT2D eigenvalue weighted by Crippen LogP contribution is 2.33. The predicted octanol–water partition coefficient (Wildman–Crippen LogP) is 3.56. The molecule has 0 bridgehead atoms. The van der Waals surface area contributed by atoms with Crippen LogP contribution in [0, 0.1) is 5.92 Å². The topological polar surface area (TPSA) is 63.7 Å². The number of nitrogens with one attached hydrogen (secondary N) is 1. The number of rotatable bonds is 4. The largest absolute Gasteiger partial charge is 0.454 e. The second kappa shape index (κ2) is 7.31. The minimum Gasteiger partial charge on any atom is -0.454 e. The first-order chi connectivity index (χ1) is 13.8. The van der Waals surface area contributed by atoms with Crippen LogP contribution in [0.25, 0.3) is 10.2 Å². The van der Waals surface area contributed by atoms with Gasteiger partial charge in [0.15, 0.2) is 16.6 Å². The first-order valence-electron chi connectivity index (χ1n) is 9.53. The zero-order chi connectivity index (χ0) is 18.9. The third-order valence-corrected chi connectivity index (χ3v) is 6.35. The summed E-state index contributed by atoms with van der Waals surface area (Å²) >= 11 is 1.70. The summed E-state index contributed by atoms with van der Waals surface area (Å²) in [4.78, 5) is 19.7. The van der Waals surface area contributed by atoms with E-state index < -0.39 is 0 Å². The Hall–Kier alpha value is -2.80. The number of hydrogen-bond donors (Lipinski definition) is 1. The van der Waals surface area contributed by atoms with Crippen LogP contribution in [0.4, 0.5) is 5.13 Å². The minimum atomic E-state index is -0.0187. The number of piperidine rings is 1. The Bertz CT molecular complexity index is 986. The molecule has 0 spiro atoms. The second-order valence-electron chi connectivity index (χ2n) is 7.15. The van der Waals surface area contributed by atoms with Crippen molar-refractivity contribution in [3.05, 3.63) is 48.0 Å². The number of carbonyl (C=O) groups excluding carboxylic acids is 1. The van der Waals surface area contributed by atoms with Crippen LogP contribution in [-0.2, 0) is 11.3 Å². The van der Waals surface area contributed by atoms with Gasteiger partial charge in [-0.3, -0.25) is 4.79 Å². The van der Waals surface area contributed by atoms with Gasteiger partial charge in [0.05, 0.1) is 16.1 Å². The Balaban J connectivity index is 1.22. The van der Waals surface area contributed by atoms with Gasteiger partial charge in [-0.2, -0.15) is 0 Å². The van der Waals surface area contributed by atoms with E-state index >= 15 is 0 Å². The molecule has 7 heteroatoms. The second-order valence-corrected chi connectivity index (χ2v) is 8.16. The van der Waals surface area contributed by atoms with E-state index in [1.807, 2.05) is 36.4 Å². The summed E-state index contributed by atoms with van der Waals surface area (Å²) in [5.41, 5.74) is 2.04. The molecule has 144 valence electrons. The molecular weight excluding hydrogens is 374 g/mol. The molecule has 2 aliphatic rings. The molecule has 1 unspecified atom stereocenters. The zero-order valence-corrected chi connectivity index (χ0v) is 16.2. The van der Waals surface area contributed by atoms with Gasteiger partial charge in [0, 0.05) is 19.6 Å². The molecule has 1 atom stereocenters. The van der Waals surface area contributed by atoms with Crippen molar-refractivity contribution in [2.45, 2.75) is 19.4 Å². The molecule has 1 amide bonds. The third-order valence-electron chi connectivity index (χ3n) is 5.25. The average molecular weight is 395 g/mol. The van der Waals surface area contributed by atoms with Gasteiger partial charge in [-0.05, 0) is 42.7 Å². The first-order valence-corrected chi connectivity index (χ1v) is 10.3. The molecule has 0 radical (unpaired) electrons.